The molecule has 28 heavy (non-hydrogen) atoms. The minimum absolute atomic E-state index is 0.0274. The number of H-pyrrole nitrogens is 2. The lowest BCUT2D eigenvalue weighted by Gasteiger charge is -2.20. The third kappa shape index (κ3) is 3.88. The van der Waals surface area contributed by atoms with Crippen LogP contribution in [-0.4, -0.2) is 25.9 Å². The van der Waals surface area contributed by atoms with Crippen molar-refractivity contribution >= 4 is 11.0 Å². The molecule has 2 aromatic heterocycles. The smallest absolute Gasteiger partial charge is 0.292 e. The Kier molecular flexibility index (Phi) is 4.73. The zero-order valence-corrected chi connectivity index (χ0v) is 15.9. The number of hydrogen-bond acceptors (Lipinski definition) is 3. The summed E-state index contributed by atoms with van der Waals surface area (Å²) < 4.78 is 40.1. The molecule has 3 aromatic rings. The van der Waals surface area contributed by atoms with Crippen molar-refractivity contribution in [2.24, 2.45) is 0 Å². The zero-order chi connectivity index (χ0) is 20.9. The quantitative estimate of drug-likeness (QED) is 0.714. The number of alkyl halides is 3. The number of hydrogen-bond donors (Lipinski definition) is 2. The van der Waals surface area contributed by atoms with Crippen molar-refractivity contribution in [2.45, 2.75) is 51.7 Å². The molecular weight excluding hydrogens is 373 g/mol. The molecule has 0 aliphatic heterocycles. The molecule has 0 saturated heterocycles. The van der Waals surface area contributed by atoms with Crippen molar-refractivity contribution in [2.75, 3.05) is 0 Å². The van der Waals surface area contributed by atoms with E-state index in [1.165, 1.54) is 4.68 Å². The Morgan fingerprint density at radius 1 is 1.07 bits per heavy atom. The number of halogens is 3. The predicted octanol–water partition coefficient (Wildman–Crippen LogP) is 3.42. The standard InChI is InChI=1S/C19H21F3N4O2/c1-10(11-5-7-12(8-6-11)18(2,3)4)26-15-14(16(27)24-17(28)23-15)13(25-26)9-19(20,21)22/h5-8,10H,9H2,1-4H3,(H2,23,24,27,28)/t10-/m1/s1. The first kappa shape index (κ1) is 19.9. The summed E-state index contributed by atoms with van der Waals surface area (Å²) in [5, 5.41) is 3.78. The lowest BCUT2D eigenvalue weighted by Crippen LogP contribution is -2.23. The van der Waals surface area contributed by atoms with Crippen LogP contribution in [0.25, 0.3) is 11.0 Å². The Morgan fingerprint density at radius 3 is 2.21 bits per heavy atom. The average molecular weight is 394 g/mol. The van der Waals surface area contributed by atoms with Crippen LogP contribution in [0.4, 0.5) is 13.2 Å². The number of benzene rings is 1. The fourth-order valence-corrected chi connectivity index (χ4v) is 3.14. The number of nitrogens with one attached hydrogen (secondary N) is 2. The highest BCUT2D eigenvalue weighted by molar-refractivity contribution is 5.77. The van der Waals surface area contributed by atoms with Gasteiger partial charge >= 0.3 is 11.9 Å². The van der Waals surface area contributed by atoms with Gasteiger partial charge in [0, 0.05) is 0 Å². The van der Waals surface area contributed by atoms with Crippen LogP contribution < -0.4 is 11.2 Å². The molecule has 0 radical (unpaired) electrons. The van der Waals surface area contributed by atoms with Gasteiger partial charge in [0.25, 0.3) is 5.56 Å². The van der Waals surface area contributed by atoms with Crippen LogP contribution >= 0.6 is 0 Å². The maximum atomic E-state index is 12.9. The van der Waals surface area contributed by atoms with E-state index in [0.717, 1.165) is 11.1 Å². The van der Waals surface area contributed by atoms with Crippen LogP contribution in [0.15, 0.2) is 33.9 Å². The molecule has 0 saturated carbocycles. The summed E-state index contributed by atoms with van der Waals surface area (Å²) in [7, 11) is 0. The van der Waals surface area contributed by atoms with E-state index in [2.05, 4.69) is 30.9 Å². The van der Waals surface area contributed by atoms with Crippen LogP contribution in [0.5, 0.6) is 0 Å². The van der Waals surface area contributed by atoms with E-state index in [-0.39, 0.29) is 16.4 Å². The van der Waals surface area contributed by atoms with Crippen molar-refractivity contribution < 1.29 is 13.2 Å². The molecule has 1 aromatic carbocycles. The number of aromatic nitrogens is 4. The molecule has 0 aliphatic carbocycles. The molecule has 150 valence electrons. The second kappa shape index (κ2) is 6.65. The lowest BCUT2D eigenvalue weighted by molar-refractivity contribution is -0.127. The molecule has 2 N–H and O–H groups in total. The van der Waals surface area contributed by atoms with Gasteiger partial charge in [-0.05, 0) is 23.5 Å². The zero-order valence-electron chi connectivity index (χ0n) is 15.9. The molecule has 1 atom stereocenters. The van der Waals surface area contributed by atoms with Gasteiger partial charge in [-0.1, -0.05) is 45.0 Å². The number of rotatable bonds is 3. The van der Waals surface area contributed by atoms with Gasteiger partial charge in [0.05, 0.1) is 18.2 Å². The van der Waals surface area contributed by atoms with E-state index >= 15 is 0 Å². The number of aromatic amines is 2. The van der Waals surface area contributed by atoms with Crippen molar-refractivity contribution in [1.29, 1.82) is 0 Å². The Labute approximate surface area is 158 Å². The van der Waals surface area contributed by atoms with Gasteiger partial charge < -0.3 is 0 Å². The maximum absolute atomic E-state index is 12.9. The first-order chi connectivity index (χ1) is 12.9. The second-order valence-electron chi connectivity index (χ2n) is 7.86. The molecule has 0 amide bonds. The maximum Gasteiger partial charge on any atom is 0.394 e. The molecule has 0 spiro atoms. The van der Waals surface area contributed by atoms with Crippen LogP contribution in [0.2, 0.25) is 0 Å². The third-order valence-corrected chi connectivity index (χ3v) is 4.66. The van der Waals surface area contributed by atoms with Crippen molar-refractivity contribution in [3.8, 4) is 0 Å². The van der Waals surface area contributed by atoms with Gasteiger partial charge in [0.2, 0.25) is 0 Å². The van der Waals surface area contributed by atoms with Crippen molar-refractivity contribution in [3.05, 3.63) is 61.9 Å². The summed E-state index contributed by atoms with van der Waals surface area (Å²) in [6.07, 6.45) is -5.90. The highest BCUT2D eigenvalue weighted by Crippen LogP contribution is 2.28. The molecule has 6 nitrogen and oxygen atoms in total. The molecule has 9 heteroatoms. The Morgan fingerprint density at radius 2 is 1.68 bits per heavy atom. The average Bonchev–Trinajstić information content (AvgIpc) is 2.90. The molecule has 0 fully saturated rings. The van der Waals surface area contributed by atoms with E-state index in [0.29, 0.717) is 0 Å². The highest BCUT2D eigenvalue weighted by atomic mass is 19.4. The van der Waals surface area contributed by atoms with Gasteiger partial charge in [-0.2, -0.15) is 18.3 Å². The molecule has 2 heterocycles. The SMILES string of the molecule is C[C@H](c1ccc(C(C)(C)C)cc1)n1nc(CC(F)(F)F)c2c(=O)[nH]c(=O)[nH]c21. The lowest BCUT2D eigenvalue weighted by atomic mass is 9.86. The Bertz CT molecular complexity index is 1120. The van der Waals surface area contributed by atoms with Gasteiger partial charge in [0.15, 0.2) is 0 Å². The van der Waals surface area contributed by atoms with E-state index < -0.39 is 35.6 Å². The van der Waals surface area contributed by atoms with Gasteiger partial charge in [-0.25, -0.2) is 9.48 Å². The second-order valence-corrected chi connectivity index (χ2v) is 7.86. The summed E-state index contributed by atoms with van der Waals surface area (Å²) in [6.45, 7) is 7.97. The fourth-order valence-electron chi connectivity index (χ4n) is 3.14. The minimum atomic E-state index is -4.54. The number of nitrogens with zero attached hydrogens (tertiary/aromatic N) is 2. The van der Waals surface area contributed by atoms with E-state index in [1.807, 2.05) is 29.2 Å². The van der Waals surface area contributed by atoms with E-state index in [9.17, 15) is 22.8 Å². The normalized spacial score (nSPS) is 13.8. The molecule has 0 bridgehead atoms. The Hall–Kier alpha value is -2.84. The summed E-state index contributed by atoms with van der Waals surface area (Å²) in [5.74, 6) is 0. The van der Waals surface area contributed by atoms with Gasteiger partial charge in [-0.3, -0.25) is 14.8 Å². The van der Waals surface area contributed by atoms with Crippen LogP contribution in [0.3, 0.4) is 0 Å². The largest absolute Gasteiger partial charge is 0.394 e. The Balaban J connectivity index is 2.14. The van der Waals surface area contributed by atoms with Gasteiger partial charge in [-0.15, -0.1) is 0 Å². The van der Waals surface area contributed by atoms with Crippen LogP contribution in [-0.2, 0) is 11.8 Å². The molecule has 0 unspecified atom stereocenters. The van der Waals surface area contributed by atoms with Gasteiger partial charge in [0.1, 0.15) is 11.0 Å². The van der Waals surface area contributed by atoms with Crippen LogP contribution in [0.1, 0.15) is 50.6 Å². The minimum Gasteiger partial charge on any atom is -0.292 e. The third-order valence-electron chi connectivity index (χ3n) is 4.66. The number of fused-ring (bicyclic) bond motifs is 1. The highest BCUT2D eigenvalue weighted by Gasteiger charge is 2.32. The monoisotopic (exact) mass is 394 g/mol. The first-order valence-electron chi connectivity index (χ1n) is 8.78. The fraction of sp³-hybridized carbons (Fsp3) is 0.421. The predicted molar refractivity (Wildman–Crippen MR) is 99.7 cm³/mol. The van der Waals surface area contributed by atoms with E-state index in [1.54, 1.807) is 6.92 Å². The summed E-state index contributed by atoms with van der Waals surface area (Å²) in [4.78, 5) is 28.2. The molecular formula is C19H21F3N4O2. The van der Waals surface area contributed by atoms with Crippen LogP contribution in [0, 0.1) is 0 Å². The van der Waals surface area contributed by atoms with E-state index in [4.69, 9.17) is 0 Å². The summed E-state index contributed by atoms with van der Waals surface area (Å²) in [5.41, 5.74) is -0.280. The molecule has 3 rings (SSSR count). The topological polar surface area (TPSA) is 83.5 Å². The van der Waals surface area contributed by atoms with Crippen molar-refractivity contribution in [3.63, 3.8) is 0 Å². The summed E-state index contributed by atoms with van der Waals surface area (Å²) >= 11 is 0. The molecule has 0 aliphatic rings. The first-order valence-corrected chi connectivity index (χ1v) is 8.78. The summed E-state index contributed by atoms with van der Waals surface area (Å²) in [6, 6.07) is 7.14. The van der Waals surface area contributed by atoms with Crippen molar-refractivity contribution in [1.82, 2.24) is 19.7 Å².